The Hall–Kier alpha value is -0.0400. The molecule has 1 heteroatoms. The number of rotatable bonds is 2. The molecule has 0 aliphatic carbocycles. The first-order chi connectivity index (χ1) is 3.66. The van der Waals surface area contributed by atoms with E-state index in [9.17, 15) is 0 Å². The molecular formula is C7H11Br. The lowest BCUT2D eigenvalue weighted by atomic mass is 10.2. The average molecular weight is 175 g/mol. The van der Waals surface area contributed by atoms with E-state index in [2.05, 4.69) is 42.4 Å². The first-order valence-electron chi connectivity index (χ1n) is 2.66. The maximum absolute atomic E-state index is 3.60. The standard InChI is InChI=1S/C7H11Br/c1-4-7(8)5-6(2)3/h4-6H,1H2,2-3H3/b7-5-. The van der Waals surface area contributed by atoms with Gasteiger partial charge in [-0.05, 0) is 5.92 Å². The molecule has 0 saturated carbocycles. The molecule has 0 fully saturated rings. The number of hydrogen-bond acceptors (Lipinski definition) is 0. The quantitative estimate of drug-likeness (QED) is 0.565. The van der Waals surface area contributed by atoms with Crippen LogP contribution in [0.2, 0.25) is 0 Å². The van der Waals surface area contributed by atoms with Crippen molar-refractivity contribution < 1.29 is 0 Å². The first-order valence-corrected chi connectivity index (χ1v) is 3.46. The van der Waals surface area contributed by atoms with Gasteiger partial charge in [0, 0.05) is 4.48 Å². The minimum atomic E-state index is 0.599. The van der Waals surface area contributed by atoms with E-state index < -0.39 is 0 Å². The number of allylic oxidation sites excluding steroid dienone is 3. The second-order valence-corrected chi connectivity index (χ2v) is 2.92. The predicted octanol–water partition coefficient (Wildman–Crippen LogP) is 3.11. The van der Waals surface area contributed by atoms with Gasteiger partial charge in [-0.2, -0.15) is 0 Å². The van der Waals surface area contributed by atoms with Crippen LogP contribution in [0.4, 0.5) is 0 Å². The Morgan fingerprint density at radius 3 is 2.25 bits per heavy atom. The highest BCUT2D eigenvalue weighted by Crippen LogP contribution is 2.08. The zero-order chi connectivity index (χ0) is 6.57. The van der Waals surface area contributed by atoms with E-state index in [4.69, 9.17) is 0 Å². The summed E-state index contributed by atoms with van der Waals surface area (Å²) in [6, 6.07) is 0. The van der Waals surface area contributed by atoms with E-state index in [1.165, 1.54) is 0 Å². The molecule has 0 aliphatic rings. The van der Waals surface area contributed by atoms with Crippen molar-refractivity contribution in [3.8, 4) is 0 Å². The first kappa shape index (κ1) is 7.96. The zero-order valence-corrected chi connectivity index (χ0v) is 6.90. The summed E-state index contributed by atoms with van der Waals surface area (Å²) in [4.78, 5) is 0. The van der Waals surface area contributed by atoms with Gasteiger partial charge in [0.1, 0.15) is 0 Å². The Bertz CT molecular complexity index is 101. The van der Waals surface area contributed by atoms with Crippen molar-refractivity contribution in [2.75, 3.05) is 0 Å². The van der Waals surface area contributed by atoms with E-state index in [0.717, 1.165) is 4.48 Å². The van der Waals surface area contributed by atoms with Gasteiger partial charge in [0.2, 0.25) is 0 Å². The Morgan fingerprint density at radius 2 is 2.12 bits per heavy atom. The fraction of sp³-hybridized carbons (Fsp3) is 0.429. The molecule has 0 aromatic carbocycles. The van der Waals surface area contributed by atoms with Crippen molar-refractivity contribution >= 4 is 15.9 Å². The summed E-state index contributed by atoms with van der Waals surface area (Å²) >= 11 is 3.32. The highest BCUT2D eigenvalue weighted by Gasteiger charge is 1.85. The maximum atomic E-state index is 3.60. The van der Waals surface area contributed by atoms with E-state index in [-0.39, 0.29) is 0 Å². The molecule has 0 spiro atoms. The third-order valence-corrected chi connectivity index (χ3v) is 1.28. The van der Waals surface area contributed by atoms with E-state index in [1.54, 1.807) is 6.08 Å². The number of hydrogen-bond donors (Lipinski definition) is 0. The van der Waals surface area contributed by atoms with Crippen molar-refractivity contribution in [3.63, 3.8) is 0 Å². The van der Waals surface area contributed by atoms with Gasteiger partial charge in [0.15, 0.2) is 0 Å². The largest absolute Gasteiger partial charge is 0.0980 e. The van der Waals surface area contributed by atoms with Gasteiger partial charge < -0.3 is 0 Å². The Balaban J connectivity index is 3.74. The molecule has 0 N–H and O–H groups in total. The molecule has 0 aromatic rings. The summed E-state index contributed by atoms with van der Waals surface area (Å²) in [7, 11) is 0. The van der Waals surface area contributed by atoms with Gasteiger partial charge in [-0.25, -0.2) is 0 Å². The molecular weight excluding hydrogens is 164 g/mol. The van der Waals surface area contributed by atoms with Crippen LogP contribution >= 0.6 is 15.9 Å². The second kappa shape index (κ2) is 3.90. The van der Waals surface area contributed by atoms with Crippen LogP contribution in [0.3, 0.4) is 0 Å². The second-order valence-electron chi connectivity index (χ2n) is 2.00. The van der Waals surface area contributed by atoms with Gasteiger partial charge in [-0.15, -0.1) is 0 Å². The zero-order valence-electron chi connectivity index (χ0n) is 5.32. The minimum absolute atomic E-state index is 0.599. The van der Waals surface area contributed by atoms with Gasteiger partial charge in [-0.1, -0.05) is 48.5 Å². The monoisotopic (exact) mass is 174 g/mol. The summed E-state index contributed by atoms with van der Waals surface area (Å²) in [5.74, 6) is 0.599. The Kier molecular flexibility index (Phi) is 3.88. The molecule has 0 amide bonds. The van der Waals surface area contributed by atoms with Crippen LogP contribution in [0.1, 0.15) is 13.8 Å². The smallest absolute Gasteiger partial charge is 0.0132 e. The fourth-order valence-electron chi connectivity index (χ4n) is 0.386. The van der Waals surface area contributed by atoms with Crippen LogP contribution in [-0.2, 0) is 0 Å². The van der Waals surface area contributed by atoms with Crippen LogP contribution in [-0.4, -0.2) is 0 Å². The third-order valence-electron chi connectivity index (χ3n) is 0.688. The van der Waals surface area contributed by atoms with Crippen LogP contribution in [0.25, 0.3) is 0 Å². The summed E-state index contributed by atoms with van der Waals surface area (Å²) in [6.07, 6.45) is 3.90. The van der Waals surface area contributed by atoms with Gasteiger partial charge in [0.25, 0.3) is 0 Å². The van der Waals surface area contributed by atoms with Crippen LogP contribution in [0.5, 0.6) is 0 Å². The minimum Gasteiger partial charge on any atom is -0.0980 e. The highest BCUT2D eigenvalue weighted by molar-refractivity contribution is 9.11. The van der Waals surface area contributed by atoms with Crippen LogP contribution < -0.4 is 0 Å². The molecule has 0 unspecified atom stereocenters. The third kappa shape index (κ3) is 4.13. The van der Waals surface area contributed by atoms with Gasteiger partial charge in [-0.3, -0.25) is 0 Å². The molecule has 0 radical (unpaired) electrons. The summed E-state index contributed by atoms with van der Waals surface area (Å²) in [6.45, 7) is 7.86. The predicted molar refractivity (Wildman–Crippen MR) is 42.0 cm³/mol. The lowest BCUT2D eigenvalue weighted by Gasteiger charge is -1.92. The molecule has 8 heavy (non-hydrogen) atoms. The topological polar surface area (TPSA) is 0 Å². The molecule has 0 heterocycles. The summed E-state index contributed by atoms with van der Waals surface area (Å²) in [5, 5.41) is 0. The van der Waals surface area contributed by atoms with Crippen molar-refractivity contribution in [2.24, 2.45) is 5.92 Å². The summed E-state index contributed by atoms with van der Waals surface area (Å²) < 4.78 is 1.08. The molecule has 0 atom stereocenters. The lowest BCUT2D eigenvalue weighted by Crippen LogP contribution is -1.77. The van der Waals surface area contributed by atoms with Gasteiger partial charge in [0.05, 0.1) is 0 Å². The maximum Gasteiger partial charge on any atom is 0.0132 e. The Labute approximate surface area is 59.4 Å². The lowest BCUT2D eigenvalue weighted by molar-refractivity contribution is 0.831. The molecule has 0 rings (SSSR count). The molecule has 46 valence electrons. The highest BCUT2D eigenvalue weighted by atomic mass is 79.9. The fourth-order valence-corrected chi connectivity index (χ4v) is 0.915. The van der Waals surface area contributed by atoms with Crippen molar-refractivity contribution in [1.29, 1.82) is 0 Å². The molecule has 0 nitrogen and oxygen atoms in total. The number of halogens is 1. The van der Waals surface area contributed by atoms with E-state index in [1.807, 2.05) is 0 Å². The van der Waals surface area contributed by atoms with Crippen molar-refractivity contribution in [3.05, 3.63) is 23.2 Å². The van der Waals surface area contributed by atoms with Crippen LogP contribution in [0.15, 0.2) is 23.2 Å². The van der Waals surface area contributed by atoms with E-state index in [0.29, 0.717) is 5.92 Å². The normalized spacial score (nSPS) is 12.2. The molecule has 0 saturated heterocycles. The SMILES string of the molecule is C=C/C(Br)=C/C(C)C. The molecule has 0 aromatic heterocycles. The van der Waals surface area contributed by atoms with Gasteiger partial charge >= 0.3 is 0 Å². The summed E-state index contributed by atoms with van der Waals surface area (Å²) in [5.41, 5.74) is 0. The molecule has 0 aliphatic heterocycles. The Morgan fingerprint density at radius 1 is 1.62 bits per heavy atom. The average Bonchev–Trinajstić information content (AvgIpc) is 1.65. The van der Waals surface area contributed by atoms with Crippen LogP contribution in [0, 0.1) is 5.92 Å². The van der Waals surface area contributed by atoms with Crippen molar-refractivity contribution in [2.45, 2.75) is 13.8 Å². The van der Waals surface area contributed by atoms with Crippen molar-refractivity contribution in [1.82, 2.24) is 0 Å². The molecule has 0 bridgehead atoms. The van der Waals surface area contributed by atoms with E-state index >= 15 is 0 Å².